The van der Waals surface area contributed by atoms with Crippen molar-refractivity contribution in [1.82, 2.24) is 10.6 Å². The van der Waals surface area contributed by atoms with Crippen LogP contribution in [0.2, 0.25) is 0 Å². The number of hydrogen-bond donors (Lipinski definition) is 2. The first-order chi connectivity index (χ1) is 8.47. The number of rotatable bonds is 10. The highest BCUT2D eigenvalue weighted by molar-refractivity contribution is 5.81. The molecule has 0 radical (unpaired) electrons. The zero-order valence-corrected chi connectivity index (χ0v) is 12.9. The standard InChI is InChI=1S/C15H32N2O/c1-6-7-8-11-16-15(18)14(5)17-13(4)10-9-12(2)3/h12-14,17H,6-11H2,1-5H3,(H,16,18). The zero-order chi connectivity index (χ0) is 14.0. The van der Waals surface area contributed by atoms with Crippen LogP contribution in [0.5, 0.6) is 0 Å². The van der Waals surface area contributed by atoms with Crippen LogP contribution >= 0.6 is 0 Å². The average molecular weight is 256 g/mol. The molecule has 3 nitrogen and oxygen atoms in total. The van der Waals surface area contributed by atoms with Crippen LogP contribution in [0.3, 0.4) is 0 Å². The lowest BCUT2D eigenvalue weighted by Gasteiger charge is -2.20. The summed E-state index contributed by atoms with van der Waals surface area (Å²) in [5.41, 5.74) is 0. The summed E-state index contributed by atoms with van der Waals surface area (Å²) in [5.74, 6) is 0.856. The SMILES string of the molecule is CCCCCNC(=O)C(C)NC(C)CCC(C)C. The van der Waals surface area contributed by atoms with Crippen molar-refractivity contribution in [3.8, 4) is 0 Å². The maximum atomic E-state index is 11.8. The summed E-state index contributed by atoms with van der Waals surface area (Å²) in [6, 6.07) is 0.317. The molecule has 0 bridgehead atoms. The van der Waals surface area contributed by atoms with Gasteiger partial charge in [-0.15, -0.1) is 0 Å². The topological polar surface area (TPSA) is 41.1 Å². The van der Waals surface area contributed by atoms with Gasteiger partial charge in [0.25, 0.3) is 0 Å². The van der Waals surface area contributed by atoms with Gasteiger partial charge < -0.3 is 10.6 Å². The Balaban J connectivity index is 3.71. The van der Waals surface area contributed by atoms with Crippen molar-refractivity contribution in [2.45, 2.75) is 78.8 Å². The van der Waals surface area contributed by atoms with Gasteiger partial charge in [0.1, 0.15) is 0 Å². The minimum absolute atomic E-state index is 0.0891. The van der Waals surface area contributed by atoms with Crippen molar-refractivity contribution < 1.29 is 4.79 Å². The number of unbranched alkanes of at least 4 members (excludes halogenated alkanes) is 2. The Kier molecular flexibility index (Phi) is 10.0. The molecule has 0 aromatic heterocycles. The Morgan fingerprint density at radius 1 is 1.06 bits per heavy atom. The lowest BCUT2D eigenvalue weighted by atomic mass is 10.0. The molecule has 0 aliphatic heterocycles. The van der Waals surface area contributed by atoms with Crippen LogP contribution < -0.4 is 10.6 Å². The van der Waals surface area contributed by atoms with Crippen LogP contribution in [-0.2, 0) is 4.79 Å². The molecule has 0 spiro atoms. The van der Waals surface area contributed by atoms with Crippen LogP contribution in [0.1, 0.15) is 66.7 Å². The molecule has 0 aliphatic rings. The highest BCUT2D eigenvalue weighted by Gasteiger charge is 2.14. The van der Waals surface area contributed by atoms with Gasteiger partial charge in [0.15, 0.2) is 0 Å². The van der Waals surface area contributed by atoms with Gasteiger partial charge in [-0.1, -0.05) is 33.6 Å². The number of carbonyl (C=O) groups is 1. The lowest BCUT2D eigenvalue weighted by Crippen LogP contribution is -2.46. The molecule has 2 atom stereocenters. The maximum absolute atomic E-state index is 11.8. The number of hydrogen-bond acceptors (Lipinski definition) is 2. The first kappa shape index (κ1) is 17.4. The molecule has 0 aromatic rings. The molecule has 0 heterocycles. The summed E-state index contributed by atoms with van der Waals surface area (Å²) in [6.07, 6.45) is 5.80. The molecule has 0 aliphatic carbocycles. The van der Waals surface area contributed by atoms with Gasteiger partial charge in [0, 0.05) is 12.6 Å². The van der Waals surface area contributed by atoms with E-state index in [-0.39, 0.29) is 11.9 Å². The molecule has 0 aromatic carbocycles. The molecule has 1 amide bonds. The Morgan fingerprint density at radius 2 is 1.72 bits per heavy atom. The smallest absolute Gasteiger partial charge is 0.236 e. The monoisotopic (exact) mass is 256 g/mol. The van der Waals surface area contributed by atoms with Crippen LogP contribution in [0, 0.1) is 5.92 Å². The second-order valence-electron chi connectivity index (χ2n) is 5.76. The number of nitrogens with one attached hydrogen (secondary N) is 2. The number of amides is 1. The second-order valence-corrected chi connectivity index (χ2v) is 5.76. The second kappa shape index (κ2) is 10.4. The Hall–Kier alpha value is -0.570. The van der Waals surface area contributed by atoms with E-state index in [1.807, 2.05) is 6.92 Å². The van der Waals surface area contributed by atoms with Crippen molar-refractivity contribution in [2.75, 3.05) is 6.54 Å². The van der Waals surface area contributed by atoms with E-state index < -0.39 is 0 Å². The summed E-state index contributed by atoms with van der Waals surface area (Å²) in [7, 11) is 0. The van der Waals surface area contributed by atoms with Gasteiger partial charge in [-0.25, -0.2) is 0 Å². The minimum atomic E-state index is -0.0891. The molecule has 2 N–H and O–H groups in total. The number of carbonyl (C=O) groups excluding carboxylic acids is 1. The van der Waals surface area contributed by atoms with Crippen LogP contribution in [-0.4, -0.2) is 24.5 Å². The zero-order valence-electron chi connectivity index (χ0n) is 12.9. The fraction of sp³-hybridized carbons (Fsp3) is 0.933. The molecule has 3 heteroatoms. The van der Waals surface area contributed by atoms with Gasteiger partial charge in [0.2, 0.25) is 5.91 Å². The molecule has 0 saturated heterocycles. The van der Waals surface area contributed by atoms with Gasteiger partial charge in [-0.05, 0) is 39.0 Å². The van der Waals surface area contributed by atoms with Crippen molar-refractivity contribution >= 4 is 5.91 Å². The molecule has 0 fully saturated rings. The van der Waals surface area contributed by atoms with Crippen LogP contribution in [0.4, 0.5) is 0 Å². The van der Waals surface area contributed by atoms with Gasteiger partial charge in [-0.2, -0.15) is 0 Å². The van der Waals surface area contributed by atoms with E-state index in [2.05, 4.69) is 38.3 Å². The third-order valence-electron chi connectivity index (χ3n) is 3.18. The van der Waals surface area contributed by atoms with E-state index in [0.717, 1.165) is 25.3 Å². The van der Waals surface area contributed by atoms with E-state index in [1.165, 1.54) is 19.3 Å². The highest BCUT2D eigenvalue weighted by atomic mass is 16.2. The van der Waals surface area contributed by atoms with Crippen molar-refractivity contribution in [3.63, 3.8) is 0 Å². The summed E-state index contributed by atoms with van der Waals surface area (Å²) in [5, 5.41) is 6.35. The third kappa shape index (κ3) is 9.46. The normalized spacial score (nSPS) is 14.6. The average Bonchev–Trinajstić information content (AvgIpc) is 2.31. The van der Waals surface area contributed by atoms with Crippen molar-refractivity contribution in [3.05, 3.63) is 0 Å². The van der Waals surface area contributed by atoms with Crippen molar-refractivity contribution in [1.29, 1.82) is 0 Å². The van der Waals surface area contributed by atoms with E-state index in [9.17, 15) is 4.79 Å². The van der Waals surface area contributed by atoms with E-state index >= 15 is 0 Å². The molecular weight excluding hydrogens is 224 g/mol. The first-order valence-electron chi connectivity index (χ1n) is 7.51. The quantitative estimate of drug-likeness (QED) is 0.590. The molecule has 0 saturated carbocycles. The fourth-order valence-electron chi connectivity index (χ4n) is 1.91. The van der Waals surface area contributed by atoms with E-state index in [1.54, 1.807) is 0 Å². The van der Waals surface area contributed by atoms with Gasteiger partial charge in [-0.3, -0.25) is 4.79 Å². The molecule has 108 valence electrons. The Morgan fingerprint density at radius 3 is 2.28 bits per heavy atom. The predicted octanol–water partition coefficient (Wildman–Crippen LogP) is 3.10. The van der Waals surface area contributed by atoms with Gasteiger partial charge in [0.05, 0.1) is 6.04 Å². The van der Waals surface area contributed by atoms with E-state index in [4.69, 9.17) is 0 Å². The van der Waals surface area contributed by atoms with E-state index in [0.29, 0.717) is 6.04 Å². The molecule has 0 rings (SSSR count). The molecule has 18 heavy (non-hydrogen) atoms. The third-order valence-corrected chi connectivity index (χ3v) is 3.18. The highest BCUT2D eigenvalue weighted by Crippen LogP contribution is 2.06. The van der Waals surface area contributed by atoms with Gasteiger partial charge >= 0.3 is 0 Å². The van der Waals surface area contributed by atoms with Crippen LogP contribution in [0.15, 0.2) is 0 Å². The van der Waals surface area contributed by atoms with Crippen LogP contribution in [0.25, 0.3) is 0 Å². The Labute approximate surface area is 113 Å². The predicted molar refractivity (Wildman–Crippen MR) is 78.7 cm³/mol. The molecular formula is C15H32N2O. The lowest BCUT2D eigenvalue weighted by molar-refractivity contribution is -0.122. The molecule has 2 unspecified atom stereocenters. The summed E-state index contributed by atoms with van der Waals surface area (Å²) in [6.45, 7) is 11.5. The summed E-state index contributed by atoms with van der Waals surface area (Å²) in [4.78, 5) is 11.8. The summed E-state index contributed by atoms with van der Waals surface area (Å²) < 4.78 is 0. The maximum Gasteiger partial charge on any atom is 0.236 e. The minimum Gasteiger partial charge on any atom is -0.355 e. The largest absolute Gasteiger partial charge is 0.355 e. The van der Waals surface area contributed by atoms with Crippen molar-refractivity contribution in [2.24, 2.45) is 5.92 Å². The summed E-state index contributed by atoms with van der Waals surface area (Å²) >= 11 is 0. The Bertz CT molecular complexity index is 217. The fourth-order valence-corrected chi connectivity index (χ4v) is 1.91. The first-order valence-corrected chi connectivity index (χ1v) is 7.51.